The quantitative estimate of drug-likeness (QED) is 0.619. The summed E-state index contributed by atoms with van der Waals surface area (Å²) in [5.41, 5.74) is -1.08. The van der Waals surface area contributed by atoms with E-state index in [-0.39, 0.29) is 10.0 Å². The van der Waals surface area contributed by atoms with Gasteiger partial charge in [0.25, 0.3) is 0 Å². The van der Waals surface area contributed by atoms with Crippen molar-refractivity contribution in [2.24, 2.45) is 0 Å². The van der Waals surface area contributed by atoms with Crippen molar-refractivity contribution in [3.05, 3.63) is 41.9 Å². The van der Waals surface area contributed by atoms with E-state index >= 15 is 0 Å². The molecular weight excluding hydrogens is 259 g/mol. The third-order valence-electron chi connectivity index (χ3n) is 2.00. The predicted octanol–water partition coefficient (Wildman–Crippen LogP) is 3.37. The molecule has 0 radical (unpaired) electrons. The Bertz CT molecular complexity index is 476. The molecule has 0 amide bonds. The van der Waals surface area contributed by atoms with Gasteiger partial charge in [-0.05, 0) is 12.0 Å². The number of rotatable bonds is 3. The maximum Gasteiger partial charge on any atom is 0.364 e. The Morgan fingerprint density at radius 2 is 1.81 bits per heavy atom. The van der Waals surface area contributed by atoms with Crippen molar-refractivity contribution in [3.63, 3.8) is 0 Å². The summed E-state index contributed by atoms with van der Waals surface area (Å²) in [6.45, 7) is 1.70. The number of nitro benzene ring substituents is 2. The molecule has 0 spiro atoms. The van der Waals surface area contributed by atoms with E-state index in [4.69, 9.17) is 23.2 Å². The van der Waals surface area contributed by atoms with Crippen LogP contribution >= 0.6 is 23.2 Å². The topological polar surface area (TPSA) is 86.3 Å². The molecule has 16 heavy (non-hydrogen) atoms. The summed E-state index contributed by atoms with van der Waals surface area (Å²) >= 11 is 11.5. The molecule has 1 aromatic rings. The van der Waals surface area contributed by atoms with Crippen molar-refractivity contribution in [1.82, 2.24) is 0 Å². The number of nitrogens with zero attached hydrogens (tertiary/aromatic N) is 2. The standard InChI is InChI=1S/C8H6Cl2N2O4/c1-2-4-5(9)3-6(11(13)14)8(7(4)10)12(15)16/h3H,2H2,1H3. The van der Waals surface area contributed by atoms with Gasteiger partial charge in [-0.25, -0.2) is 0 Å². The Labute approximate surface area is 100 Å². The molecule has 0 saturated heterocycles. The summed E-state index contributed by atoms with van der Waals surface area (Å²) in [5, 5.41) is 21.1. The van der Waals surface area contributed by atoms with Crippen LogP contribution in [0.25, 0.3) is 0 Å². The van der Waals surface area contributed by atoms with Gasteiger partial charge in [0.1, 0.15) is 5.02 Å². The lowest BCUT2D eigenvalue weighted by atomic mass is 10.1. The summed E-state index contributed by atoms with van der Waals surface area (Å²) in [5.74, 6) is 0. The van der Waals surface area contributed by atoms with Gasteiger partial charge in [-0.2, -0.15) is 0 Å². The van der Waals surface area contributed by atoms with Crippen molar-refractivity contribution in [2.75, 3.05) is 0 Å². The molecule has 0 N–H and O–H groups in total. The minimum absolute atomic E-state index is 0.0600. The highest BCUT2D eigenvalue weighted by Crippen LogP contribution is 2.40. The highest BCUT2D eigenvalue weighted by atomic mass is 35.5. The van der Waals surface area contributed by atoms with E-state index in [0.717, 1.165) is 6.07 Å². The van der Waals surface area contributed by atoms with Gasteiger partial charge in [0.15, 0.2) is 0 Å². The molecule has 6 nitrogen and oxygen atoms in total. The molecule has 8 heteroatoms. The summed E-state index contributed by atoms with van der Waals surface area (Å²) in [6, 6.07) is 0.949. The average Bonchev–Trinajstić information content (AvgIpc) is 2.16. The van der Waals surface area contributed by atoms with Crippen LogP contribution in [0.2, 0.25) is 10.0 Å². The Morgan fingerprint density at radius 3 is 2.19 bits per heavy atom. The molecule has 0 unspecified atom stereocenters. The van der Waals surface area contributed by atoms with E-state index in [2.05, 4.69) is 0 Å². The highest BCUT2D eigenvalue weighted by molar-refractivity contribution is 6.38. The van der Waals surface area contributed by atoms with Crippen molar-refractivity contribution in [1.29, 1.82) is 0 Å². The summed E-state index contributed by atoms with van der Waals surface area (Å²) in [7, 11) is 0. The molecular formula is C8H6Cl2N2O4. The third kappa shape index (κ3) is 2.07. The van der Waals surface area contributed by atoms with Crippen LogP contribution in [0.4, 0.5) is 11.4 Å². The summed E-state index contributed by atoms with van der Waals surface area (Å²) in [4.78, 5) is 19.6. The smallest absolute Gasteiger partial charge is 0.258 e. The SMILES string of the molecule is CCc1c(Cl)cc([N+](=O)[O-])c([N+](=O)[O-])c1Cl. The van der Waals surface area contributed by atoms with Gasteiger partial charge in [0.2, 0.25) is 0 Å². The fourth-order valence-corrected chi connectivity index (χ4v) is 2.05. The van der Waals surface area contributed by atoms with Gasteiger partial charge in [-0.15, -0.1) is 0 Å². The largest absolute Gasteiger partial charge is 0.364 e. The molecule has 0 fully saturated rings. The number of hydrogen-bond acceptors (Lipinski definition) is 4. The molecule has 0 aliphatic heterocycles. The third-order valence-corrected chi connectivity index (χ3v) is 2.74. The lowest BCUT2D eigenvalue weighted by Crippen LogP contribution is -2.00. The zero-order chi connectivity index (χ0) is 12.5. The lowest BCUT2D eigenvalue weighted by molar-refractivity contribution is -0.422. The second kappa shape index (κ2) is 4.63. The van der Waals surface area contributed by atoms with Crippen LogP contribution < -0.4 is 0 Å². The van der Waals surface area contributed by atoms with Crippen LogP contribution in [0.1, 0.15) is 12.5 Å². The van der Waals surface area contributed by atoms with Gasteiger partial charge in [-0.1, -0.05) is 30.1 Å². The maximum absolute atomic E-state index is 10.7. The van der Waals surface area contributed by atoms with Crippen LogP contribution in [-0.2, 0) is 6.42 Å². The van der Waals surface area contributed by atoms with Crippen LogP contribution in [0.15, 0.2) is 6.07 Å². The minimum atomic E-state index is -0.880. The molecule has 0 saturated carbocycles. The Kier molecular flexibility index (Phi) is 3.66. The number of nitro groups is 2. The predicted molar refractivity (Wildman–Crippen MR) is 59.1 cm³/mol. The zero-order valence-corrected chi connectivity index (χ0v) is 9.58. The first-order valence-corrected chi connectivity index (χ1v) is 4.95. The van der Waals surface area contributed by atoms with Gasteiger partial charge < -0.3 is 0 Å². The van der Waals surface area contributed by atoms with Gasteiger partial charge in [0, 0.05) is 6.07 Å². The first kappa shape index (κ1) is 12.7. The molecule has 0 atom stereocenters. The molecule has 86 valence electrons. The van der Waals surface area contributed by atoms with Crippen LogP contribution in [-0.4, -0.2) is 9.85 Å². The summed E-state index contributed by atoms with van der Waals surface area (Å²) in [6.07, 6.45) is 0.358. The zero-order valence-electron chi connectivity index (χ0n) is 8.07. The van der Waals surface area contributed by atoms with Crippen molar-refractivity contribution in [3.8, 4) is 0 Å². The normalized spacial score (nSPS) is 10.2. The van der Waals surface area contributed by atoms with Crippen molar-refractivity contribution in [2.45, 2.75) is 13.3 Å². The van der Waals surface area contributed by atoms with E-state index in [1.54, 1.807) is 6.92 Å². The monoisotopic (exact) mass is 264 g/mol. The van der Waals surface area contributed by atoms with Crippen LogP contribution in [0.3, 0.4) is 0 Å². The molecule has 0 aromatic heterocycles. The number of hydrogen-bond donors (Lipinski definition) is 0. The Balaban J connectivity index is 3.65. The van der Waals surface area contributed by atoms with E-state index in [0.29, 0.717) is 12.0 Å². The van der Waals surface area contributed by atoms with Crippen molar-refractivity contribution < 1.29 is 9.85 Å². The van der Waals surface area contributed by atoms with E-state index in [1.165, 1.54) is 0 Å². The fraction of sp³-hybridized carbons (Fsp3) is 0.250. The molecule has 0 aliphatic rings. The second-order valence-electron chi connectivity index (χ2n) is 2.89. The molecule has 0 aliphatic carbocycles. The Morgan fingerprint density at radius 1 is 1.25 bits per heavy atom. The molecule has 0 heterocycles. The number of benzene rings is 1. The minimum Gasteiger partial charge on any atom is -0.258 e. The van der Waals surface area contributed by atoms with Gasteiger partial charge in [-0.3, -0.25) is 20.2 Å². The lowest BCUT2D eigenvalue weighted by Gasteiger charge is -2.05. The first-order chi connectivity index (χ1) is 7.40. The Hall–Kier alpha value is -1.40. The van der Waals surface area contributed by atoms with E-state index in [9.17, 15) is 20.2 Å². The molecule has 1 aromatic carbocycles. The first-order valence-electron chi connectivity index (χ1n) is 4.19. The highest BCUT2D eigenvalue weighted by Gasteiger charge is 2.31. The second-order valence-corrected chi connectivity index (χ2v) is 3.67. The summed E-state index contributed by atoms with van der Waals surface area (Å²) < 4.78 is 0. The number of halogens is 2. The maximum atomic E-state index is 10.7. The van der Waals surface area contributed by atoms with Crippen LogP contribution in [0.5, 0.6) is 0 Å². The van der Waals surface area contributed by atoms with Crippen LogP contribution in [0, 0.1) is 20.2 Å². The van der Waals surface area contributed by atoms with E-state index < -0.39 is 21.2 Å². The van der Waals surface area contributed by atoms with Crippen molar-refractivity contribution >= 4 is 34.6 Å². The van der Waals surface area contributed by atoms with Gasteiger partial charge >= 0.3 is 11.4 Å². The van der Waals surface area contributed by atoms with E-state index in [1.807, 2.05) is 0 Å². The molecule has 1 rings (SSSR count). The van der Waals surface area contributed by atoms with Gasteiger partial charge in [0.05, 0.1) is 14.9 Å². The fourth-order valence-electron chi connectivity index (χ4n) is 1.27. The molecule has 0 bridgehead atoms. The average molecular weight is 265 g/mol.